The Morgan fingerprint density at radius 2 is 1.76 bits per heavy atom. The van der Waals surface area contributed by atoms with Crippen LogP contribution >= 0.6 is 11.8 Å². The molecule has 0 saturated heterocycles. The summed E-state index contributed by atoms with van der Waals surface area (Å²) in [6.07, 6.45) is 0. The standard InChI is InChI=1S/C25H25N5O2S/c1-17(2)30(15-18-9-5-3-6-10-18)22(31)16-33-25-19(14-26)13-21(23(27)29-25)24(32)28-20-11-7-4-8-12-20/h3-13,17H,15-16H2,1-2H3,(H2,27,29)(H,28,32). The zero-order valence-electron chi connectivity index (χ0n) is 18.5. The number of carbonyl (C=O) groups excluding carboxylic acids is 2. The van der Waals surface area contributed by atoms with Gasteiger partial charge in [-0.2, -0.15) is 5.26 Å². The Morgan fingerprint density at radius 1 is 1.12 bits per heavy atom. The number of nitrogens with zero attached hydrogens (tertiary/aromatic N) is 3. The van der Waals surface area contributed by atoms with Crippen molar-refractivity contribution in [2.75, 3.05) is 16.8 Å². The van der Waals surface area contributed by atoms with Crippen LogP contribution in [0.2, 0.25) is 0 Å². The quantitative estimate of drug-likeness (QED) is 0.485. The number of hydrogen-bond donors (Lipinski definition) is 2. The smallest absolute Gasteiger partial charge is 0.259 e. The second kappa shape index (κ2) is 11.2. The maximum Gasteiger partial charge on any atom is 0.259 e. The Bertz CT molecular complexity index is 1160. The zero-order valence-corrected chi connectivity index (χ0v) is 19.3. The van der Waals surface area contributed by atoms with Crippen molar-refractivity contribution in [3.8, 4) is 6.07 Å². The van der Waals surface area contributed by atoms with Gasteiger partial charge >= 0.3 is 0 Å². The molecule has 0 bridgehead atoms. The van der Waals surface area contributed by atoms with E-state index in [-0.39, 0.29) is 34.6 Å². The fourth-order valence-electron chi connectivity index (χ4n) is 3.15. The molecule has 1 aromatic heterocycles. The van der Waals surface area contributed by atoms with Gasteiger partial charge in [-0.25, -0.2) is 4.98 Å². The van der Waals surface area contributed by atoms with Crippen LogP contribution in [0.5, 0.6) is 0 Å². The molecule has 0 unspecified atom stereocenters. The summed E-state index contributed by atoms with van der Waals surface area (Å²) in [5.41, 5.74) is 7.98. The third-order valence-electron chi connectivity index (χ3n) is 4.89. The van der Waals surface area contributed by atoms with Crippen LogP contribution < -0.4 is 11.1 Å². The van der Waals surface area contributed by atoms with Gasteiger partial charge in [0, 0.05) is 18.3 Å². The summed E-state index contributed by atoms with van der Waals surface area (Å²) in [6.45, 7) is 4.42. The number of rotatable bonds is 8. The number of thioether (sulfide) groups is 1. The van der Waals surface area contributed by atoms with E-state index < -0.39 is 5.91 Å². The number of aromatic nitrogens is 1. The summed E-state index contributed by atoms with van der Waals surface area (Å²) in [7, 11) is 0. The monoisotopic (exact) mass is 459 g/mol. The first-order chi connectivity index (χ1) is 15.9. The second-order valence-corrected chi connectivity index (χ2v) is 8.56. The number of amides is 2. The average molecular weight is 460 g/mol. The lowest BCUT2D eigenvalue weighted by Gasteiger charge is -2.27. The lowest BCUT2D eigenvalue weighted by Crippen LogP contribution is -2.37. The van der Waals surface area contributed by atoms with Crippen LogP contribution in [0.25, 0.3) is 0 Å². The first-order valence-electron chi connectivity index (χ1n) is 10.4. The molecule has 0 aliphatic rings. The number of anilines is 2. The van der Waals surface area contributed by atoms with Gasteiger partial charge < -0.3 is 16.0 Å². The summed E-state index contributed by atoms with van der Waals surface area (Å²) >= 11 is 1.14. The lowest BCUT2D eigenvalue weighted by atomic mass is 10.2. The molecule has 1 heterocycles. The highest BCUT2D eigenvalue weighted by Crippen LogP contribution is 2.25. The van der Waals surface area contributed by atoms with Crippen LogP contribution in [0.4, 0.5) is 11.5 Å². The van der Waals surface area contributed by atoms with E-state index in [9.17, 15) is 14.9 Å². The van der Waals surface area contributed by atoms with Gasteiger partial charge in [-0.05, 0) is 37.6 Å². The molecule has 3 rings (SSSR count). The number of pyridine rings is 1. The van der Waals surface area contributed by atoms with Gasteiger partial charge in [-0.1, -0.05) is 60.3 Å². The predicted molar refractivity (Wildman–Crippen MR) is 131 cm³/mol. The molecular formula is C25H25N5O2S. The molecule has 0 radical (unpaired) electrons. The van der Waals surface area contributed by atoms with Crippen molar-refractivity contribution in [3.63, 3.8) is 0 Å². The number of nitriles is 1. The molecule has 0 saturated carbocycles. The highest BCUT2D eigenvalue weighted by atomic mass is 32.2. The minimum absolute atomic E-state index is 0.00220. The maximum atomic E-state index is 12.9. The first kappa shape index (κ1) is 23.8. The second-order valence-electron chi connectivity index (χ2n) is 7.60. The average Bonchev–Trinajstić information content (AvgIpc) is 2.82. The van der Waals surface area contributed by atoms with Crippen LogP contribution in [-0.4, -0.2) is 33.5 Å². The number of carbonyl (C=O) groups is 2. The van der Waals surface area contributed by atoms with Gasteiger partial charge in [0.05, 0.1) is 16.9 Å². The number of para-hydroxylation sites is 1. The summed E-state index contributed by atoms with van der Waals surface area (Å²) in [4.78, 5) is 31.6. The summed E-state index contributed by atoms with van der Waals surface area (Å²) < 4.78 is 0. The summed E-state index contributed by atoms with van der Waals surface area (Å²) in [5, 5.41) is 12.6. The van der Waals surface area contributed by atoms with Gasteiger partial charge in [0.2, 0.25) is 5.91 Å². The topological polar surface area (TPSA) is 112 Å². The highest BCUT2D eigenvalue weighted by Gasteiger charge is 2.21. The lowest BCUT2D eigenvalue weighted by molar-refractivity contribution is -0.130. The highest BCUT2D eigenvalue weighted by molar-refractivity contribution is 8.00. The summed E-state index contributed by atoms with van der Waals surface area (Å²) in [5.74, 6) is -0.428. The normalized spacial score (nSPS) is 10.5. The van der Waals surface area contributed by atoms with Crippen molar-refractivity contribution in [1.82, 2.24) is 9.88 Å². The van der Waals surface area contributed by atoms with Crippen molar-refractivity contribution < 1.29 is 9.59 Å². The molecule has 0 fully saturated rings. The minimum Gasteiger partial charge on any atom is -0.383 e. The Balaban J connectivity index is 1.72. The third kappa shape index (κ3) is 6.34. The van der Waals surface area contributed by atoms with Crippen LogP contribution in [-0.2, 0) is 11.3 Å². The first-order valence-corrected chi connectivity index (χ1v) is 11.4. The number of nitrogen functional groups attached to an aromatic ring is 1. The van der Waals surface area contributed by atoms with Crippen molar-refractivity contribution in [1.29, 1.82) is 5.26 Å². The Kier molecular flexibility index (Phi) is 8.06. The molecule has 3 N–H and O–H groups in total. The Labute approximate surface area is 197 Å². The van der Waals surface area contributed by atoms with Crippen LogP contribution in [0.15, 0.2) is 71.8 Å². The SMILES string of the molecule is CC(C)N(Cc1ccccc1)C(=O)CSc1nc(N)c(C(=O)Nc2ccccc2)cc1C#N. The molecule has 8 heteroatoms. The zero-order chi connectivity index (χ0) is 23.8. The van der Waals surface area contributed by atoms with Gasteiger partial charge in [-0.15, -0.1) is 0 Å². The summed E-state index contributed by atoms with van der Waals surface area (Å²) in [6, 6.07) is 22.2. The van der Waals surface area contributed by atoms with Crippen LogP contribution in [0.3, 0.4) is 0 Å². The minimum atomic E-state index is -0.454. The molecule has 3 aromatic rings. The van der Waals surface area contributed by atoms with Crippen molar-refractivity contribution >= 4 is 35.1 Å². The number of hydrogen-bond acceptors (Lipinski definition) is 6. The van der Waals surface area contributed by atoms with E-state index in [1.165, 1.54) is 6.07 Å². The van der Waals surface area contributed by atoms with E-state index in [0.717, 1.165) is 17.3 Å². The molecule has 33 heavy (non-hydrogen) atoms. The van der Waals surface area contributed by atoms with Crippen molar-refractivity contribution in [2.45, 2.75) is 31.5 Å². The van der Waals surface area contributed by atoms with Gasteiger partial charge in [0.15, 0.2) is 0 Å². The fraction of sp³-hybridized carbons (Fsp3) is 0.200. The van der Waals surface area contributed by atoms with Gasteiger partial charge in [0.25, 0.3) is 5.91 Å². The third-order valence-corrected chi connectivity index (χ3v) is 5.86. The van der Waals surface area contributed by atoms with E-state index in [1.54, 1.807) is 29.2 Å². The van der Waals surface area contributed by atoms with Crippen molar-refractivity contribution in [3.05, 3.63) is 83.4 Å². The molecule has 0 spiro atoms. The Morgan fingerprint density at radius 3 is 2.36 bits per heavy atom. The van der Waals surface area contributed by atoms with E-state index in [0.29, 0.717) is 17.3 Å². The molecule has 168 valence electrons. The molecular weight excluding hydrogens is 434 g/mol. The van der Waals surface area contributed by atoms with Crippen molar-refractivity contribution in [2.24, 2.45) is 0 Å². The van der Waals surface area contributed by atoms with Gasteiger partial charge in [0.1, 0.15) is 16.9 Å². The number of benzene rings is 2. The van der Waals surface area contributed by atoms with E-state index in [1.807, 2.05) is 50.2 Å². The number of nitrogens with one attached hydrogen (secondary N) is 1. The van der Waals surface area contributed by atoms with E-state index >= 15 is 0 Å². The maximum absolute atomic E-state index is 12.9. The largest absolute Gasteiger partial charge is 0.383 e. The molecule has 2 aromatic carbocycles. The molecule has 2 amide bonds. The number of nitrogens with two attached hydrogens (primary N) is 1. The van der Waals surface area contributed by atoms with Gasteiger partial charge in [-0.3, -0.25) is 9.59 Å². The van der Waals surface area contributed by atoms with Crippen LogP contribution in [0.1, 0.15) is 35.3 Å². The predicted octanol–water partition coefficient (Wildman–Crippen LogP) is 4.32. The van der Waals surface area contributed by atoms with E-state index in [4.69, 9.17) is 5.73 Å². The fourth-order valence-corrected chi connectivity index (χ4v) is 4.00. The molecule has 0 atom stereocenters. The van der Waals surface area contributed by atoms with E-state index in [2.05, 4.69) is 16.4 Å². The Hall–Kier alpha value is -3.83. The molecule has 0 aliphatic heterocycles. The van der Waals surface area contributed by atoms with Crippen LogP contribution in [0, 0.1) is 11.3 Å². The molecule has 0 aliphatic carbocycles. The molecule has 7 nitrogen and oxygen atoms in total.